The molecule has 0 fully saturated rings. The maximum absolute atomic E-state index is 12.2. The molecule has 1 atom stereocenters. The average molecular weight is 335 g/mol. The molecule has 4 nitrogen and oxygen atoms in total. The number of carbonyl (C=O) groups is 1. The van der Waals surface area contributed by atoms with Crippen molar-refractivity contribution in [2.75, 3.05) is 26.6 Å². The molecule has 0 saturated carbocycles. The standard InChI is InChI=1S/C15H17ClF2O4/c16-12-3-1-2-11(8-12)14(19)9-13(21-6-4-17)10-15(20)22-7-5-18/h1-3,8,10,14,19H,4-7,9H2. The Hall–Kier alpha value is -1.66. The lowest BCUT2D eigenvalue weighted by molar-refractivity contribution is -0.138. The molecule has 0 bridgehead atoms. The topological polar surface area (TPSA) is 55.8 Å². The highest BCUT2D eigenvalue weighted by molar-refractivity contribution is 6.30. The van der Waals surface area contributed by atoms with Crippen molar-refractivity contribution in [3.8, 4) is 0 Å². The molecule has 1 N–H and O–H groups in total. The lowest BCUT2D eigenvalue weighted by Crippen LogP contribution is -2.09. The van der Waals surface area contributed by atoms with Crippen LogP contribution in [0.25, 0.3) is 0 Å². The van der Waals surface area contributed by atoms with E-state index in [1.54, 1.807) is 24.3 Å². The van der Waals surface area contributed by atoms with Crippen LogP contribution in [-0.2, 0) is 14.3 Å². The van der Waals surface area contributed by atoms with Crippen LogP contribution in [0.2, 0.25) is 5.02 Å². The van der Waals surface area contributed by atoms with Gasteiger partial charge in [-0.3, -0.25) is 0 Å². The van der Waals surface area contributed by atoms with Gasteiger partial charge in [-0.1, -0.05) is 23.7 Å². The lowest BCUT2D eigenvalue weighted by Gasteiger charge is -2.14. The van der Waals surface area contributed by atoms with E-state index in [-0.39, 0.29) is 25.4 Å². The number of aliphatic hydroxyl groups excluding tert-OH is 1. The van der Waals surface area contributed by atoms with Crippen LogP contribution in [0.4, 0.5) is 8.78 Å². The summed E-state index contributed by atoms with van der Waals surface area (Å²) in [5, 5.41) is 10.6. The van der Waals surface area contributed by atoms with Crippen LogP contribution < -0.4 is 0 Å². The van der Waals surface area contributed by atoms with Gasteiger partial charge in [-0.05, 0) is 17.7 Å². The summed E-state index contributed by atoms with van der Waals surface area (Å²) in [6.45, 7) is -2.18. The fraction of sp³-hybridized carbons (Fsp3) is 0.400. The van der Waals surface area contributed by atoms with E-state index >= 15 is 0 Å². The monoisotopic (exact) mass is 334 g/mol. The smallest absolute Gasteiger partial charge is 0.334 e. The second kappa shape index (κ2) is 10.1. The molecule has 1 unspecified atom stereocenters. The van der Waals surface area contributed by atoms with Gasteiger partial charge in [-0.25, -0.2) is 13.6 Å². The summed E-state index contributed by atoms with van der Waals surface area (Å²) in [5.41, 5.74) is 0.527. The molecule has 0 saturated heterocycles. The van der Waals surface area contributed by atoms with Gasteiger partial charge in [-0.15, -0.1) is 0 Å². The van der Waals surface area contributed by atoms with Gasteiger partial charge in [-0.2, -0.15) is 0 Å². The number of esters is 1. The molecule has 1 aromatic rings. The predicted octanol–water partition coefficient (Wildman–Crippen LogP) is 3.15. The predicted molar refractivity (Wildman–Crippen MR) is 78.0 cm³/mol. The minimum Gasteiger partial charge on any atom is -0.495 e. The quantitative estimate of drug-likeness (QED) is 0.428. The van der Waals surface area contributed by atoms with E-state index < -0.39 is 25.4 Å². The van der Waals surface area contributed by atoms with Crippen molar-refractivity contribution >= 4 is 17.6 Å². The van der Waals surface area contributed by atoms with Crippen LogP contribution >= 0.6 is 11.6 Å². The first kappa shape index (κ1) is 18.4. The van der Waals surface area contributed by atoms with E-state index in [9.17, 15) is 18.7 Å². The molecule has 0 amide bonds. The summed E-state index contributed by atoms with van der Waals surface area (Å²) in [5.74, 6) is -0.765. The maximum atomic E-state index is 12.2. The molecule has 1 aromatic carbocycles. The first-order chi connectivity index (χ1) is 10.6. The molecule has 1 rings (SSSR count). The molecule has 0 aliphatic heterocycles. The zero-order chi connectivity index (χ0) is 16.4. The first-order valence-corrected chi connectivity index (χ1v) is 7.00. The summed E-state index contributed by atoms with van der Waals surface area (Å²) in [4.78, 5) is 11.4. The van der Waals surface area contributed by atoms with Crippen molar-refractivity contribution in [2.24, 2.45) is 0 Å². The summed E-state index contributed by atoms with van der Waals surface area (Å²) < 4.78 is 33.7. The third kappa shape index (κ3) is 6.87. The van der Waals surface area contributed by atoms with Crippen LogP contribution in [0.15, 0.2) is 36.1 Å². The largest absolute Gasteiger partial charge is 0.495 e. The highest BCUT2D eigenvalue weighted by Gasteiger charge is 2.14. The van der Waals surface area contributed by atoms with Crippen LogP contribution in [0, 0.1) is 0 Å². The minimum absolute atomic E-state index is 0.0500. The van der Waals surface area contributed by atoms with Crippen molar-refractivity contribution in [2.45, 2.75) is 12.5 Å². The number of carbonyl (C=O) groups excluding carboxylic acids is 1. The fourth-order valence-corrected chi connectivity index (χ4v) is 1.86. The van der Waals surface area contributed by atoms with Gasteiger partial charge in [0.05, 0.1) is 12.2 Å². The van der Waals surface area contributed by atoms with Gasteiger partial charge in [0.2, 0.25) is 0 Å². The Morgan fingerprint density at radius 1 is 1.27 bits per heavy atom. The van der Waals surface area contributed by atoms with Crippen molar-refractivity contribution in [1.82, 2.24) is 0 Å². The van der Waals surface area contributed by atoms with Crippen LogP contribution in [0.3, 0.4) is 0 Å². The Morgan fingerprint density at radius 2 is 1.95 bits per heavy atom. The molecule has 0 aliphatic rings. The lowest BCUT2D eigenvalue weighted by atomic mass is 10.1. The zero-order valence-corrected chi connectivity index (χ0v) is 12.6. The average Bonchev–Trinajstić information content (AvgIpc) is 2.50. The third-order valence-corrected chi connectivity index (χ3v) is 2.83. The number of aliphatic hydroxyl groups is 1. The van der Waals surface area contributed by atoms with E-state index in [2.05, 4.69) is 4.74 Å². The second-order valence-corrected chi connectivity index (χ2v) is 4.72. The summed E-state index contributed by atoms with van der Waals surface area (Å²) in [6, 6.07) is 6.55. The molecular weight excluding hydrogens is 318 g/mol. The number of hydrogen-bond donors (Lipinski definition) is 1. The molecule has 0 radical (unpaired) electrons. The van der Waals surface area contributed by atoms with E-state index in [1.165, 1.54) is 0 Å². The zero-order valence-electron chi connectivity index (χ0n) is 11.8. The van der Waals surface area contributed by atoms with Gasteiger partial charge in [0.25, 0.3) is 0 Å². The fourth-order valence-electron chi connectivity index (χ4n) is 1.66. The van der Waals surface area contributed by atoms with Crippen LogP contribution in [0.1, 0.15) is 18.1 Å². The van der Waals surface area contributed by atoms with E-state index in [4.69, 9.17) is 16.3 Å². The molecule has 122 valence electrons. The van der Waals surface area contributed by atoms with E-state index in [1.807, 2.05) is 0 Å². The van der Waals surface area contributed by atoms with Gasteiger partial charge in [0.15, 0.2) is 0 Å². The highest BCUT2D eigenvalue weighted by atomic mass is 35.5. The Balaban J connectivity index is 2.74. The third-order valence-electron chi connectivity index (χ3n) is 2.59. The van der Waals surface area contributed by atoms with Crippen molar-refractivity contribution < 1.29 is 28.2 Å². The summed E-state index contributed by atoms with van der Waals surface area (Å²) in [6.07, 6.45) is -0.0806. The van der Waals surface area contributed by atoms with Gasteiger partial charge < -0.3 is 14.6 Å². The number of hydrogen-bond acceptors (Lipinski definition) is 4. The number of halogens is 3. The minimum atomic E-state index is -0.987. The molecule has 0 spiro atoms. The molecule has 7 heteroatoms. The Morgan fingerprint density at radius 3 is 2.59 bits per heavy atom. The molecular formula is C15H17ClF2O4. The number of benzene rings is 1. The number of alkyl halides is 2. The van der Waals surface area contributed by atoms with E-state index in [0.29, 0.717) is 10.6 Å². The summed E-state index contributed by atoms with van der Waals surface area (Å²) in [7, 11) is 0. The first-order valence-electron chi connectivity index (χ1n) is 6.62. The van der Waals surface area contributed by atoms with Crippen LogP contribution in [-0.4, -0.2) is 37.6 Å². The van der Waals surface area contributed by atoms with Gasteiger partial charge in [0.1, 0.15) is 32.3 Å². The van der Waals surface area contributed by atoms with Gasteiger partial charge in [0, 0.05) is 11.4 Å². The Labute approximate surface area is 132 Å². The number of rotatable bonds is 9. The van der Waals surface area contributed by atoms with Crippen molar-refractivity contribution in [3.63, 3.8) is 0 Å². The van der Waals surface area contributed by atoms with Gasteiger partial charge >= 0.3 is 5.97 Å². The molecule has 0 heterocycles. The highest BCUT2D eigenvalue weighted by Crippen LogP contribution is 2.24. The molecule has 0 aromatic heterocycles. The number of ether oxygens (including phenoxy) is 2. The van der Waals surface area contributed by atoms with Crippen molar-refractivity contribution in [3.05, 3.63) is 46.7 Å². The molecule has 0 aliphatic carbocycles. The van der Waals surface area contributed by atoms with E-state index in [0.717, 1.165) is 6.08 Å². The molecule has 22 heavy (non-hydrogen) atoms. The normalized spacial score (nSPS) is 12.8. The summed E-state index contributed by atoms with van der Waals surface area (Å²) >= 11 is 5.83. The Kier molecular flexibility index (Phi) is 8.47. The Bertz CT molecular complexity index is 508. The van der Waals surface area contributed by atoms with Crippen LogP contribution in [0.5, 0.6) is 0 Å². The SMILES string of the molecule is O=C(C=C(CC(O)c1cccc(Cl)c1)OCCF)OCCF. The van der Waals surface area contributed by atoms with Crippen molar-refractivity contribution in [1.29, 1.82) is 0 Å². The maximum Gasteiger partial charge on any atom is 0.334 e. The second-order valence-electron chi connectivity index (χ2n) is 4.28.